The molecular formula is C35H30ClF3N4O6. The van der Waals surface area contributed by atoms with Crippen LogP contribution in [0.1, 0.15) is 36.9 Å². The molecule has 6 unspecified atom stereocenters. The molecule has 0 spiro atoms. The van der Waals surface area contributed by atoms with Crippen LogP contribution in [-0.2, 0) is 25.4 Å². The van der Waals surface area contributed by atoms with Crippen LogP contribution in [0.5, 0.6) is 11.5 Å². The smallest absolute Gasteiger partial charge is 0.433 e. The Morgan fingerprint density at radius 1 is 1.00 bits per heavy atom. The number of hydrogen-bond donors (Lipinski definition) is 1. The van der Waals surface area contributed by atoms with Gasteiger partial charge in [0, 0.05) is 24.6 Å². The molecule has 6 atom stereocenters. The molecule has 3 fully saturated rings. The SMILES string of the molecule is COc1cc(O)ccc1C1C2=CCC3C(=O)N(N(C)c4nc(C(F)(F)F)ccc4Cl)C(=O)C3C2CC2C(=O)N(c3ccccc3)C(=O)C21C. The Bertz CT molecular complexity index is 1950. The molecular weight excluding hydrogens is 665 g/mol. The molecule has 3 aromatic rings. The van der Waals surface area contributed by atoms with E-state index in [1.54, 1.807) is 43.3 Å². The number of amides is 4. The molecule has 3 heterocycles. The van der Waals surface area contributed by atoms with E-state index in [-0.39, 0.29) is 29.4 Å². The van der Waals surface area contributed by atoms with Gasteiger partial charge in [-0.05, 0) is 56.0 Å². The van der Waals surface area contributed by atoms with Crippen LogP contribution in [0.4, 0.5) is 24.7 Å². The maximum atomic E-state index is 14.5. The third kappa shape index (κ3) is 4.72. The summed E-state index contributed by atoms with van der Waals surface area (Å²) in [6, 6.07) is 14.7. The van der Waals surface area contributed by atoms with Gasteiger partial charge in [-0.3, -0.25) is 24.2 Å². The van der Waals surface area contributed by atoms with Crippen LogP contribution in [0.3, 0.4) is 0 Å². The average Bonchev–Trinajstić information content (AvgIpc) is 3.44. The molecule has 4 amide bonds. The lowest BCUT2D eigenvalue weighted by Crippen LogP contribution is -2.49. The number of allylic oxidation sites excluding steroid dienone is 2. The van der Waals surface area contributed by atoms with E-state index in [9.17, 15) is 37.5 Å². The Morgan fingerprint density at radius 2 is 1.71 bits per heavy atom. The number of pyridine rings is 1. The Morgan fingerprint density at radius 3 is 2.39 bits per heavy atom. The molecule has 1 saturated carbocycles. The molecule has 2 aromatic carbocycles. The number of hydrazine groups is 1. The maximum absolute atomic E-state index is 14.5. The number of fused-ring (bicyclic) bond motifs is 4. The van der Waals surface area contributed by atoms with E-state index in [1.807, 2.05) is 6.08 Å². The van der Waals surface area contributed by atoms with Crippen LogP contribution in [0.15, 0.2) is 72.3 Å². The standard InChI is InChI=1S/C35H30ClF3N4O6/c1-34-23(31(46)42(33(34)48)17-7-5-4-6-8-17)16-22-19(28(34)20-10-9-18(44)15-25(20)49-3)11-12-21-27(22)32(47)43(30(21)45)41(2)29-24(36)13-14-26(40-29)35(37,38)39/h4-11,13-15,21-23,27-28,44H,12,16H2,1-3H3. The van der Waals surface area contributed by atoms with Crippen molar-refractivity contribution in [3.63, 3.8) is 0 Å². The number of phenolic OH excluding ortho intramolecular Hbond substituents is 1. The first kappa shape index (κ1) is 32.6. The summed E-state index contributed by atoms with van der Waals surface area (Å²) in [6.45, 7) is 1.73. The number of ether oxygens (including phenoxy) is 1. The summed E-state index contributed by atoms with van der Waals surface area (Å²) in [5.41, 5.74) is -1.01. The van der Waals surface area contributed by atoms with Gasteiger partial charge in [0.1, 0.15) is 17.2 Å². The number of rotatable bonds is 5. The second-order valence-electron chi connectivity index (χ2n) is 12.9. The van der Waals surface area contributed by atoms with Gasteiger partial charge in [0.05, 0.1) is 41.0 Å². The fourth-order valence-electron chi connectivity index (χ4n) is 8.31. The van der Waals surface area contributed by atoms with E-state index in [2.05, 4.69) is 4.98 Å². The number of aromatic nitrogens is 1. The van der Waals surface area contributed by atoms with Gasteiger partial charge >= 0.3 is 6.18 Å². The third-order valence-electron chi connectivity index (χ3n) is 10.5. The quantitative estimate of drug-likeness (QED) is 0.265. The van der Waals surface area contributed by atoms with Gasteiger partial charge in [0.25, 0.3) is 11.8 Å². The number of carbonyl (C=O) groups is 4. The van der Waals surface area contributed by atoms with E-state index in [0.29, 0.717) is 22.9 Å². The molecule has 1 aromatic heterocycles. The largest absolute Gasteiger partial charge is 0.508 e. The summed E-state index contributed by atoms with van der Waals surface area (Å²) >= 11 is 6.24. The van der Waals surface area contributed by atoms with Crippen LogP contribution in [0, 0.1) is 29.1 Å². The van der Waals surface area contributed by atoms with Gasteiger partial charge in [0.15, 0.2) is 5.82 Å². The predicted octanol–water partition coefficient (Wildman–Crippen LogP) is 5.75. The Hall–Kier alpha value is -4.91. The summed E-state index contributed by atoms with van der Waals surface area (Å²) in [6.07, 6.45) is -2.81. The first-order valence-electron chi connectivity index (χ1n) is 15.6. The lowest BCUT2D eigenvalue weighted by molar-refractivity contribution is -0.141. The number of alkyl halides is 3. The van der Waals surface area contributed by atoms with Gasteiger partial charge in [-0.2, -0.15) is 18.2 Å². The molecule has 10 nitrogen and oxygen atoms in total. The summed E-state index contributed by atoms with van der Waals surface area (Å²) in [5, 5.41) is 11.8. The highest BCUT2D eigenvalue weighted by Crippen LogP contribution is 2.64. The summed E-state index contributed by atoms with van der Waals surface area (Å²) in [7, 11) is 2.66. The van der Waals surface area contributed by atoms with E-state index in [0.717, 1.165) is 16.1 Å². The van der Waals surface area contributed by atoms with Crippen molar-refractivity contribution >= 4 is 46.7 Å². The topological polar surface area (TPSA) is 120 Å². The lowest BCUT2D eigenvalue weighted by Gasteiger charge is -2.49. The number of hydrogen-bond acceptors (Lipinski definition) is 8. The summed E-state index contributed by atoms with van der Waals surface area (Å²) in [4.78, 5) is 61.9. The minimum atomic E-state index is -4.80. The number of methoxy groups -OCH3 is 1. The first-order chi connectivity index (χ1) is 23.2. The second kappa shape index (κ2) is 11.3. The van der Waals surface area contributed by atoms with Crippen LogP contribution in [0.25, 0.3) is 0 Å². The second-order valence-corrected chi connectivity index (χ2v) is 13.3. The highest BCUT2D eigenvalue weighted by Gasteiger charge is 2.68. The molecule has 2 aliphatic carbocycles. The summed E-state index contributed by atoms with van der Waals surface area (Å²) < 4.78 is 46.3. The minimum Gasteiger partial charge on any atom is -0.508 e. The molecule has 0 radical (unpaired) electrons. The average molecular weight is 695 g/mol. The van der Waals surface area contributed by atoms with Gasteiger partial charge in [-0.25, -0.2) is 9.88 Å². The fourth-order valence-corrected chi connectivity index (χ4v) is 8.54. The predicted molar refractivity (Wildman–Crippen MR) is 170 cm³/mol. The number of para-hydroxylation sites is 1. The lowest BCUT2D eigenvalue weighted by atomic mass is 9.51. The number of benzene rings is 2. The van der Waals surface area contributed by atoms with Crippen LogP contribution < -0.4 is 14.6 Å². The Labute approximate surface area is 283 Å². The number of aromatic hydroxyl groups is 1. The maximum Gasteiger partial charge on any atom is 0.433 e. The van der Waals surface area contributed by atoms with Crippen molar-refractivity contribution in [3.8, 4) is 11.5 Å². The van der Waals surface area contributed by atoms with Gasteiger partial charge < -0.3 is 9.84 Å². The molecule has 1 N–H and O–H groups in total. The van der Waals surface area contributed by atoms with E-state index < -0.39 is 76.3 Å². The molecule has 4 aliphatic rings. The van der Waals surface area contributed by atoms with Crippen molar-refractivity contribution in [1.82, 2.24) is 9.99 Å². The number of phenols is 1. The number of carbonyl (C=O) groups excluding carboxylic acids is 4. The van der Waals surface area contributed by atoms with Crippen LogP contribution in [0.2, 0.25) is 5.02 Å². The van der Waals surface area contributed by atoms with Crippen molar-refractivity contribution in [2.45, 2.75) is 31.9 Å². The molecule has 2 aliphatic heterocycles. The van der Waals surface area contributed by atoms with Crippen LogP contribution >= 0.6 is 11.6 Å². The van der Waals surface area contributed by atoms with Crippen molar-refractivity contribution < 1.29 is 42.2 Å². The summed E-state index contributed by atoms with van der Waals surface area (Å²) in [5.74, 6) is -6.75. The highest BCUT2D eigenvalue weighted by atomic mass is 35.5. The van der Waals surface area contributed by atoms with Crippen molar-refractivity contribution in [2.75, 3.05) is 24.1 Å². The van der Waals surface area contributed by atoms with Crippen molar-refractivity contribution in [3.05, 3.63) is 88.6 Å². The number of anilines is 2. The van der Waals surface area contributed by atoms with E-state index >= 15 is 0 Å². The molecule has 7 rings (SSSR count). The van der Waals surface area contributed by atoms with E-state index in [4.69, 9.17) is 16.3 Å². The van der Waals surface area contributed by atoms with Crippen molar-refractivity contribution in [2.24, 2.45) is 29.1 Å². The molecule has 0 bridgehead atoms. The first-order valence-corrected chi connectivity index (χ1v) is 15.9. The molecule has 254 valence electrons. The zero-order valence-corrected chi connectivity index (χ0v) is 27.2. The van der Waals surface area contributed by atoms with Crippen LogP contribution in [-0.4, -0.2) is 52.9 Å². The molecule has 49 heavy (non-hydrogen) atoms. The van der Waals surface area contributed by atoms with Gasteiger partial charge in [-0.15, -0.1) is 0 Å². The molecule has 14 heteroatoms. The number of imide groups is 2. The third-order valence-corrected chi connectivity index (χ3v) is 10.8. The normalized spacial score (nSPS) is 27.9. The fraction of sp³-hybridized carbons (Fsp3) is 0.343. The van der Waals surface area contributed by atoms with E-state index in [1.165, 1.54) is 31.2 Å². The highest BCUT2D eigenvalue weighted by molar-refractivity contribution is 6.33. The van der Waals surface area contributed by atoms with Gasteiger partial charge in [-0.1, -0.05) is 47.5 Å². The Kier molecular flexibility index (Phi) is 7.54. The zero-order valence-electron chi connectivity index (χ0n) is 26.4. The minimum absolute atomic E-state index is 0.0629. The number of nitrogens with zero attached hydrogens (tertiary/aromatic N) is 4. The Balaban J connectivity index is 1.34. The monoisotopic (exact) mass is 694 g/mol. The molecule has 2 saturated heterocycles. The number of halogens is 4. The zero-order chi connectivity index (χ0) is 35.2. The van der Waals surface area contributed by atoms with Crippen molar-refractivity contribution in [1.29, 1.82) is 0 Å². The van der Waals surface area contributed by atoms with Gasteiger partial charge in [0.2, 0.25) is 11.8 Å².